The van der Waals surface area contributed by atoms with Gasteiger partial charge in [-0.25, -0.2) is 0 Å². The zero-order valence-electron chi connectivity index (χ0n) is 16.6. The molecule has 0 aliphatic carbocycles. The first kappa shape index (κ1) is 19.5. The third-order valence-corrected chi connectivity index (χ3v) is 4.78. The minimum Gasteiger partial charge on any atom is -0.443 e. The smallest absolute Gasteiger partial charge is 0.256 e. The number of amides is 1. The van der Waals surface area contributed by atoms with Gasteiger partial charge in [0.25, 0.3) is 5.91 Å². The summed E-state index contributed by atoms with van der Waals surface area (Å²) in [7, 11) is 3.95. The number of hydrogen-bond acceptors (Lipinski definition) is 4. The van der Waals surface area contributed by atoms with Gasteiger partial charge in [0.1, 0.15) is 23.0 Å². The molecule has 0 fully saturated rings. The summed E-state index contributed by atoms with van der Waals surface area (Å²) in [5, 5.41) is 12.6. The molecule has 3 aromatic rings. The normalized spacial score (nSPS) is 12.0. The van der Waals surface area contributed by atoms with Gasteiger partial charge in [0.2, 0.25) is 5.88 Å². The zero-order chi connectivity index (χ0) is 20.3. The molecule has 0 saturated carbocycles. The van der Waals surface area contributed by atoms with Crippen molar-refractivity contribution in [2.75, 3.05) is 20.6 Å². The number of carbonyl (C=O) groups is 1. The van der Waals surface area contributed by atoms with Crippen LogP contribution >= 0.6 is 0 Å². The van der Waals surface area contributed by atoms with E-state index in [0.29, 0.717) is 18.2 Å². The number of aromatic nitrogens is 1. The Balaban J connectivity index is 1.83. The number of rotatable bonds is 6. The van der Waals surface area contributed by atoms with Crippen molar-refractivity contribution in [1.29, 1.82) is 5.26 Å². The van der Waals surface area contributed by atoms with Gasteiger partial charge in [-0.05, 0) is 45.6 Å². The van der Waals surface area contributed by atoms with E-state index < -0.39 is 0 Å². The van der Waals surface area contributed by atoms with Gasteiger partial charge >= 0.3 is 0 Å². The number of nitrogens with zero attached hydrogens (tertiary/aromatic N) is 3. The largest absolute Gasteiger partial charge is 0.443 e. The molecular weight excluding hydrogens is 352 g/mol. The number of carbonyl (C=O) groups excluding carboxylic acids is 1. The van der Waals surface area contributed by atoms with Crippen molar-refractivity contribution in [2.45, 2.75) is 19.9 Å². The fourth-order valence-corrected chi connectivity index (χ4v) is 3.22. The van der Waals surface area contributed by atoms with Crippen LogP contribution in [0.2, 0.25) is 0 Å². The summed E-state index contributed by atoms with van der Waals surface area (Å²) in [6.07, 6.45) is 3.56. The van der Waals surface area contributed by atoms with Gasteiger partial charge in [-0.1, -0.05) is 29.8 Å². The highest BCUT2D eigenvalue weighted by Gasteiger charge is 2.25. The average molecular weight is 376 g/mol. The van der Waals surface area contributed by atoms with Crippen LogP contribution in [0.3, 0.4) is 0 Å². The minimum atomic E-state index is -0.310. The Hall–Kier alpha value is -3.30. The van der Waals surface area contributed by atoms with Gasteiger partial charge in [-0.3, -0.25) is 9.36 Å². The first-order valence-electron chi connectivity index (χ1n) is 9.10. The predicted octanol–water partition coefficient (Wildman–Crippen LogP) is 3.59. The second-order valence-electron chi connectivity index (χ2n) is 7.02. The topological polar surface area (TPSA) is 74.2 Å². The van der Waals surface area contributed by atoms with E-state index in [1.807, 2.05) is 33.2 Å². The third-order valence-electron chi connectivity index (χ3n) is 4.78. The van der Waals surface area contributed by atoms with Crippen LogP contribution in [-0.4, -0.2) is 36.0 Å². The van der Waals surface area contributed by atoms with Crippen LogP contribution in [-0.2, 0) is 0 Å². The molecular formula is C22H24N4O2. The second-order valence-corrected chi connectivity index (χ2v) is 7.02. The van der Waals surface area contributed by atoms with Crippen molar-refractivity contribution in [2.24, 2.45) is 0 Å². The number of nitrogens with one attached hydrogen (secondary N) is 1. The lowest BCUT2D eigenvalue weighted by atomic mass is 10.0. The summed E-state index contributed by atoms with van der Waals surface area (Å²) in [6, 6.07) is 14.1. The number of nitriles is 1. The molecule has 3 rings (SSSR count). The highest BCUT2D eigenvalue weighted by Crippen LogP contribution is 2.26. The van der Waals surface area contributed by atoms with Gasteiger partial charge < -0.3 is 14.6 Å². The van der Waals surface area contributed by atoms with Crippen molar-refractivity contribution < 1.29 is 9.21 Å². The van der Waals surface area contributed by atoms with Gasteiger partial charge in [-0.15, -0.1) is 0 Å². The lowest BCUT2D eigenvalue weighted by Crippen LogP contribution is -2.35. The Morgan fingerprint density at radius 2 is 1.86 bits per heavy atom. The molecule has 0 spiro atoms. The molecule has 0 aliphatic rings. The molecule has 0 radical (unpaired) electrons. The average Bonchev–Trinajstić information content (AvgIpc) is 3.30. The number of furan rings is 1. The van der Waals surface area contributed by atoms with Crippen LogP contribution in [0.25, 0.3) is 5.88 Å². The molecule has 0 aliphatic heterocycles. The van der Waals surface area contributed by atoms with Gasteiger partial charge in [0.15, 0.2) is 0 Å². The molecule has 1 amide bonds. The van der Waals surface area contributed by atoms with Crippen LogP contribution in [0, 0.1) is 25.2 Å². The summed E-state index contributed by atoms with van der Waals surface area (Å²) < 4.78 is 7.42. The summed E-state index contributed by atoms with van der Waals surface area (Å²) in [4.78, 5) is 14.9. The summed E-state index contributed by atoms with van der Waals surface area (Å²) in [5.41, 5.74) is 2.83. The maximum atomic E-state index is 12.9. The quantitative estimate of drug-likeness (QED) is 0.713. The molecule has 1 unspecified atom stereocenters. The molecule has 2 heterocycles. The Labute approximate surface area is 165 Å². The number of likely N-dealkylation sites (N-methyl/N-ethyl adjacent to an activating group) is 1. The van der Waals surface area contributed by atoms with Crippen LogP contribution in [0.4, 0.5) is 0 Å². The van der Waals surface area contributed by atoms with Crippen LogP contribution in [0.1, 0.15) is 38.9 Å². The first-order valence-corrected chi connectivity index (χ1v) is 9.10. The fourth-order valence-electron chi connectivity index (χ4n) is 3.22. The van der Waals surface area contributed by atoms with Crippen molar-refractivity contribution in [3.63, 3.8) is 0 Å². The van der Waals surface area contributed by atoms with E-state index >= 15 is 0 Å². The highest BCUT2D eigenvalue weighted by atomic mass is 16.4. The Bertz CT molecular complexity index is 993. The van der Waals surface area contributed by atoms with Crippen molar-refractivity contribution in [3.8, 4) is 12.0 Å². The van der Waals surface area contributed by atoms with E-state index in [1.54, 1.807) is 23.9 Å². The van der Waals surface area contributed by atoms with Gasteiger partial charge in [-0.2, -0.15) is 5.26 Å². The molecule has 1 N–H and O–H groups in total. The van der Waals surface area contributed by atoms with Crippen LogP contribution in [0.15, 0.2) is 53.2 Å². The highest BCUT2D eigenvalue weighted by molar-refractivity contribution is 5.98. The Morgan fingerprint density at radius 1 is 1.21 bits per heavy atom. The van der Waals surface area contributed by atoms with Crippen LogP contribution < -0.4 is 5.32 Å². The lowest BCUT2D eigenvalue weighted by Gasteiger charge is -2.25. The molecule has 0 saturated heterocycles. The molecule has 6 nitrogen and oxygen atoms in total. The molecule has 1 atom stereocenters. The fraction of sp³-hybridized carbons (Fsp3) is 0.273. The van der Waals surface area contributed by atoms with E-state index in [9.17, 15) is 10.1 Å². The number of hydrogen-bond donors (Lipinski definition) is 1. The first-order chi connectivity index (χ1) is 13.4. The monoisotopic (exact) mass is 376 g/mol. The third kappa shape index (κ3) is 3.85. The molecule has 144 valence electrons. The van der Waals surface area contributed by atoms with Gasteiger partial charge in [0.05, 0.1) is 6.04 Å². The molecule has 2 aromatic heterocycles. The van der Waals surface area contributed by atoms with Gasteiger partial charge in [0, 0.05) is 18.9 Å². The molecule has 0 bridgehead atoms. The Morgan fingerprint density at radius 3 is 2.43 bits per heavy atom. The number of benzene rings is 1. The number of aryl methyl sites for hydroxylation is 2. The van der Waals surface area contributed by atoms with E-state index in [2.05, 4.69) is 40.6 Å². The zero-order valence-corrected chi connectivity index (χ0v) is 16.6. The van der Waals surface area contributed by atoms with Crippen LogP contribution in [0.5, 0.6) is 0 Å². The minimum absolute atomic E-state index is 0.0196. The lowest BCUT2D eigenvalue weighted by molar-refractivity contribution is 0.0940. The van der Waals surface area contributed by atoms with Crippen molar-refractivity contribution in [1.82, 2.24) is 14.8 Å². The molecule has 28 heavy (non-hydrogen) atoms. The standard InChI is InChI=1S/C22H24N4O2/c1-15-7-9-17(10-8-15)19(25(3)4)14-24-21(27)20-16(2)28-22(18(20)13-23)26-11-5-6-12-26/h5-12,19H,14H2,1-4H3,(H,24,27). The van der Waals surface area contributed by atoms with E-state index in [-0.39, 0.29) is 23.1 Å². The summed E-state index contributed by atoms with van der Waals surface area (Å²) in [5.74, 6) is 0.475. The van der Waals surface area contributed by atoms with E-state index in [4.69, 9.17) is 4.42 Å². The molecule has 6 heteroatoms. The summed E-state index contributed by atoms with van der Waals surface area (Å²) >= 11 is 0. The van der Waals surface area contributed by atoms with E-state index in [0.717, 1.165) is 5.56 Å². The maximum absolute atomic E-state index is 12.9. The van der Waals surface area contributed by atoms with Crippen molar-refractivity contribution >= 4 is 5.91 Å². The molecule has 1 aromatic carbocycles. The SMILES string of the molecule is Cc1ccc(C(CNC(=O)c2c(C)oc(-n3cccc3)c2C#N)N(C)C)cc1. The second kappa shape index (κ2) is 8.15. The Kier molecular flexibility index (Phi) is 5.67. The van der Waals surface area contributed by atoms with E-state index in [1.165, 1.54) is 5.56 Å². The maximum Gasteiger partial charge on any atom is 0.256 e. The summed E-state index contributed by atoms with van der Waals surface area (Å²) in [6.45, 7) is 4.17. The predicted molar refractivity (Wildman–Crippen MR) is 107 cm³/mol. The van der Waals surface area contributed by atoms with Crippen molar-refractivity contribution in [3.05, 3.63) is 76.8 Å².